The van der Waals surface area contributed by atoms with Crippen LogP contribution >= 0.6 is 15.8 Å². The van der Waals surface area contributed by atoms with Gasteiger partial charge < -0.3 is 75.1 Å². The van der Waals surface area contributed by atoms with Crippen molar-refractivity contribution in [2.75, 3.05) is 26.4 Å². The molecule has 572 valence electrons. The van der Waals surface area contributed by atoms with Crippen molar-refractivity contribution in [2.24, 2.45) is 22.1 Å². The van der Waals surface area contributed by atoms with E-state index in [0.717, 1.165) is 31.9 Å². The largest absolute Gasteiger partial charge is 0.463 e. The molecule has 0 bridgehead atoms. The summed E-state index contributed by atoms with van der Waals surface area (Å²) in [6.07, 6.45) is -20.3. The lowest BCUT2D eigenvalue weighted by Crippen LogP contribution is -2.69. The Hall–Kier alpha value is -6.13. The Morgan fingerprint density at radius 1 is 0.450 bits per heavy atom. The van der Waals surface area contributed by atoms with Crippen LogP contribution in [0.25, 0.3) is 20.9 Å². The van der Waals surface area contributed by atoms with Gasteiger partial charge in [0.05, 0.1) is 44.7 Å². The first-order valence-electron chi connectivity index (χ1n) is 36.5. The third-order valence-electron chi connectivity index (χ3n) is 20.5. The van der Waals surface area contributed by atoms with Crippen LogP contribution in [-0.4, -0.2) is 201 Å². The lowest BCUT2D eigenvalue weighted by Gasteiger charge is -2.52. The number of azide groups is 2. The highest BCUT2D eigenvalue weighted by Crippen LogP contribution is 2.46. The molecule has 1 N–H and O–H groups in total. The SMILES string of the molecule is [B]P([B])O[C@@H]1C(N=[N+]=[N-])[C@@H](O[C@@H]2C(COC(C)=O)O[C@@H](O[C@@H]3C(CO[Si](c4ccccc4)(c4ccccc4)C(C)(C)C)O[C@H](O[C@@H]4C(COC(C)=O)O[C@@H](C)C(C)[C@H]4OCc4ccccc4)C(N=[N+]=[N-])[C@H]3OP([B])[B])C(C)[C@@H]2OCc2ccccc2)OC(CO[Si](c2ccccc2)(c2ccccc2)C(C)(C)C)[C@H]1O. The first kappa shape index (κ1) is 85.3. The van der Waals surface area contributed by atoms with Gasteiger partial charge in [0.25, 0.3) is 16.6 Å². The Bertz CT molecular complexity index is 3860. The molecule has 32 heteroatoms. The Morgan fingerprint density at radius 3 is 1.16 bits per heavy atom. The summed E-state index contributed by atoms with van der Waals surface area (Å²) >= 11 is 0. The maximum absolute atomic E-state index is 13.3. The number of benzene rings is 6. The van der Waals surface area contributed by atoms with Gasteiger partial charge in [-0.3, -0.25) is 9.59 Å². The Labute approximate surface area is 648 Å². The smallest absolute Gasteiger partial charge is 0.302 e. The van der Waals surface area contributed by atoms with Crippen molar-refractivity contribution < 1.29 is 84.7 Å². The second-order valence-electron chi connectivity index (χ2n) is 29.8. The van der Waals surface area contributed by atoms with Gasteiger partial charge in [-0.15, -0.1) is 0 Å². The fraction of sp³-hybridized carbons (Fsp3) is 0.506. The number of carbonyl (C=O) groups is 2. The van der Waals surface area contributed by atoms with E-state index in [9.17, 15) is 25.8 Å². The average Bonchev–Trinajstić information content (AvgIpc) is 0.750. The molecular formula is C77H96B4N6O18P2Si2. The van der Waals surface area contributed by atoms with Crippen LogP contribution in [0.1, 0.15) is 87.3 Å². The van der Waals surface area contributed by atoms with Gasteiger partial charge in [-0.05, 0) is 59.9 Å². The minimum Gasteiger partial charge on any atom is -0.463 e. The van der Waals surface area contributed by atoms with E-state index in [1.54, 1.807) is 6.92 Å². The molecule has 6 aromatic carbocycles. The Morgan fingerprint density at radius 2 is 0.771 bits per heavy atom. The van der Waals surface area contributed by atoms with Gasteiger partial charge in [0.15, 0.2) is 18.9 Å². The summed E-state index contributed by atoms with van der Waals surface area (Å²) in [5, 5.41) is 23.8. The second kappa shape index (κ2) is 39.1. The van der Waals surface area contributed by atoms with E-state index in [1.807, 2.05) is 196 Å². The number of hydrogen-bond donors (Lipinski definition) is 1. The van der Waals surface area contributed by atoms with Crippen molar-refractivity contribution >= 4 is 95.4 Å². The molecule has 4 saturated heterocycles. The molecule has 0 saturated carbocycles. The molecule has 4 heterocycles. The van der Waals surface area contributed by atoms with E-state index < -0.39 is 177 Å². The highest BCUT2D eigenvalue weighted by atomic mass is 31.1. The van der Waals surface area contributed by atoms with Gasteiger partial charge in [0.2, 0.25) is 0 Å². The van der Waals surface area contributed by atoms with E-state index in [4.69, 9.17) is 100 Å². The Kier molecular flexibility index (Phi) is 30.6. The number of hydrogen-bond acceptors (Lipinski definition) is 20. The molecule has 20 atom stereocenters. The summed E-state index contributed by atoms with van der Waals surface area (Å²) < 4.78 is 104. The molecule has 4 aliphatic rings. The maximum Gasteiger partial charge on any atom is 0.302 e. The van der Waals surface area contributed by atoms with E-state index in [1.165, 1.54) is 13.8 Å². The van der Waals surface area contributed by atoms with Crippen LogP contribution in [0.2, 0.25) is 10.1 Å². The zero-order valence-electron chi connectivity index (χ0n) is 63.4. The average molecular weight is 1560 g/mol. The maximum atomic E-state index is 13.3. The normalized spacial score (nSPS) is 29.0. The van der Waals surface area contributed by atoms with Gasteiger partial charge in [0, 0.05) is 35.5 Å². The summed E-state index contributed by atoms with van der Waals surface area (Å²) in [4.78, 5) is 32.5. The molecular weight excluding hydrogens is 1460 g/mol. The number of aliphatic hydroxyl groups is 1. The molecule has 0 spiro atoms. The quantitative estimate of drug-likeness (QED) is 0.0102. The number of carbonyl (C=O) groups excluding carboxylic acids is 2. The molecule has 0 aromatic heterocycles. The summed E-state index contributed by atoms with van der Waals surface area (Å²) in [6.45, 7) is 19.7. The third kappa shape index (κ3) is 20.6. The van der Waals surface area contributed by atoms with Gasteiger partial charge in [-0.1, -0.05) is 263 Å². The van der Waals surface area contributed by atoms with Crippen LogP contribution in [0.5, 0.6) is 0 Å². The van der Waals surface area contributed by atoms with Crippen LogP contribution in [0.3, 0.4) is 0 Å². The van der Waals surface area contributed by atoms with Crippen molar-refractivity contribution in [1.29, 1.82) is 0 Å². The number of rotatable bonds is 32. The third-order valence-corrected chi connectivity index (χ3v) is 31.5. The van der Waals surface area contributed by atoms with Crippen molar-refractivity contribution in [1.82, 2.24) is 0 Å². The van der Waals surface area contributed by atoms with Crippen molar-refractivity contribution in [2.45, 2.75) is 210 Å². The molecule has 10 rings (SSSR count). The van der Waals surface area contributed by atoms with E-state index in [-0.39, 0.29) is 39.0 Å². The van der Waals surface area contributed by atoms with E-state index in [2.05, 4.69) is 61.6 Å². The van der Waals surface area contributed by atoms with Gasteiger partial charge in [-0.25, -0.2) is 0 Å². The molecule has 0 amide bonds. The number of nitrogens with zero attached hydrogens (tertiary/aromatic N) is 6. The minimum atomic E-state index is -3.52. The summed E-state index contributed by atoms with van der Waals surface area (Å²) in [5.74, 6) is -2.56. The molecule has 8 radical (unpaired) electrons. The zero-order valence-corrected chi connectivity index (χ0v) is 67.2. The van der Waals surface area contributed by atoms with Crippen molar-refractivity contribution in [3.8, 4) is 0 Å². The molecule has 4 fully saturated rings. The summed E-state index contributed by atoms with van der Waals surface area (Å²) in [7, 11) is 14.3. The summed E-state index contributed by atoms with van der Waals surface area (Å²) in [6, 6.07) is 55.7. The highest BCUT2D eigenvalue weighted by Gasteiger charge is 2.59. The highest BCUT2D eigenvalue weighted by molar-refractivity contribution is 7.98. The topological polar surface area (TPSA) is 290 Å². The molecule has 24 nitrogen and oxygen atoms in total. The van der Waals surface area contributed by atoms with Crippen LogP contribution in [0.4, 0.5) is 0 Å². The first-order chi connectivity index (χ1) is 52.2. The molecule has 0 aliphatic carbocycles. The van der Waals surface area contributed by atoms with E-state index in [0.29, 0.717) is 0 Å². The van der Waals surface area contributed by atoms with Gasteiger partial charge in [0.1, 0.15) is 117 Å². The minimum absolute atomic E-state index is 0.0370. The molecule has 6 aromatic rings. The lowest BCUT2D eigenvalue weighted by atomic mass is 9.88. The number of aliphatic hydroxyl groups excluding tert-OH is 1. The summed E-state index contributed by atoms with van der Waals surface area (Å²) in [5.41, 5.74) is 22.9. The fourth-order valence-electron chi connectivity index (χ4n) is 15.2. The monoisotopic (exact) mass is 1550 g/mol. The van der Waals surface area contributed by atoms with Gasteiger partial charge in [-0.2, -0.15) is 0 Å². The zero-order chi connectivity index (χ0) is 78.2. The molecule has 8 unspecified atom stereocenters. The van der Waals surface area contributed by atoms with Crippen LogP contribution in [0, 0.1) is 11.8 Å². The Balaban J connectivity index is 1.09. The lowest BCUT2D eigenvalue weighted by molar-refractivity contribution is -0.365. The van der Waals surface area contributed by atoms with Crippen LogP contribution in [0.15, 0.2) is 192 Å². The standard InChI is InChI=1S/C77H96B4N6O18P2Si2/c1-48-50(3)97-60(44-91-51(4)88)68(66(48)93-42-53-30-18-12-19-31-53)102-75-64(85-87-83)72(105-107(80)81)70(62(100-75)47-96-109(77(9,10)11,57-38-26-16-27-39-57)58-40-28-17-29-41-58)101-73-49(2)67(94-43-54-32-20-13-21-33-54)69(61(99-73)45-92-52(5)89)103-74-63(84-86-82)71(104-106(78)79)65(90)59(98-74)46-95-108(76(6,7)8,55-34-22-14-23-35-55)56-36-24-15-25-37-56/h12-41,48-50,59-75,90H,42-47H2,1-11H3/t48?,49?,50-,59?,60?,61?,62?,63?,64?,65+,66+,67-,68+,69+,70+,71+,72+,73-,74+,75+/m0/s1. The van der Waals surface area contributed by atoms with Crippen molar-refractivity contribution in [3.63, 3.8) is 0 Å². The van der Waals surface area contributed by atoms with Crippen LogP contribution < -0.4 is 20.7 Å². The second-order valence-corrected chi connectivity index (χ2v) is 40.3. The molecule has 4 aliphatic heterocycles. The number of ether oxygens (including phenoxy) is 11. The number of esters is 2. The fourth-order valence-corrected chi connectivity index (χ4v) is 25.4. The van der Waals surface area contributed by atoms with Crippen molar-refractivity contribution in [3.05, 3.63) is 214 Å². The first-order valence-corrected chi connectivity index (χ1v) is 43.2. The van der Waals surface area contributed by atoms with Gasteiger partial charge >= 0.3 is 11.9 Å². The predicted octanol–water partition coefficient (Wildman–Crippen LogP) is 10.4. The van der Waals surface area contributed by atoms with Crippen LogP contribution in [-0.2, 0) is 92.8 Å². The van der Waals surface area contributed by atoms with E-state index >= 15 is 0 Å². The molecule has 109 heavy (non-hydrogen) atoms. The predicted molar refractivity (Wildman–Crippen MR) is 422 cm³/mol.